The highest BCUT2D eigenvalue weighted by atomic mass is 19.3. The second-order valence-corrected chi connectivity index (χ2v) is 5.10. The van der Waals surface area contributed by atoms with Crippen LogP contribution in [0.25, 0.3) is 0 Å². The van der Waals surface area contributed by atoms with Crippen molar-refractivity contribution in [3.05, 3.63) is 59.7 Å². The smallest absolute Gasteiger partial charge is 0.387 e. The van der Waals surface area contributed by atoms with Gasteiger partial charge in [-0.05, 0) is 36.8 Å². The summed E-state index contributed by atoms with van der Waals surface area (Å²) < 4.78 is 33.4. The van der Waals surface area contributed by atoms with E-state index >= 15 is 0 Å². The topological polar surface area (TPSA) is 76.7 Å². The number of anilines is 1. The number of ether oxygens (including phenoxy) is 2. The summed E-state index contributed by atoms with van der Waals surface area (Å²) in [6.45, 7) is -0.796. The van der Waals surface area contributed by atoms with Crippen molar-refractivity contribution >= 4 is 17.7 Å². The zero-order valence-corrected chi connectivity index (χ0v) is 14.0. The average molecular weight is 364 g/mol. The number of carbonyl (C=O) groups excluding carboxylic acids is 2. The van der Waals surface area contributed by atoms with Crippen LogP contribution in [0.2, 0.25) is 0 Å². The summed E-state index contributed by atoms with van der Waals surface area (Å²) in [4.78, 5) is 23.9. The van der Waals surface area contributed by atoms with Gasteiger partial charge in [-0.25, -0.2) is 9.59 Å². The molecule has 2 amide bonds. The van der Waals surface area contributed by atoms with Crippen molar-refractivity contribution in [2.45, 2.75) is 20.1 Å². The predicted molar refractivity (Wildman–Crippen MR) is 91.3 cm³/mol. The van der Waals surface area contributed by atoms with E-state index in [-0.39, 0.29) is 24.5 Å². The number of halogens is 2. The van der Waals surface area contributed by atoms with E-state index in [1.807, 2.05) is 0 Å². The molecule has 0 unspecified atom stereocenters. The van der Waals surface area contributed by atoms with Crippen LogP contribution in [0.4, 0.5) is 19.3 Å². The number of rotatable bonds is 7. The zero-order valence-electron chi connectivity index (χ0n) is 14.0. The fraction of sp³-hybridized carbons (Fsp3) is 0.222. The molecule has 8 heteroatoms. The number of hydrogen-bond acceptors (Lipinski definition) is 4. The monoisotopic (exact) mass is 364 g/mol. The largest absolute Gasteiger partial charge is 0.462 e. The first-order valence-corrected chi connectivity index (χ1v) is 7.84. The first kappa shape index (κ1) is 19.2. The number of nitrogens with one attached hydrogen (secondary N) is 2. The number of benzene rings is 2. The van der Waals surface area contributed by atoms with Crippen molar-refractivity contribution in [2.24, 2.45) is 0 Å². The third kappa shape index (κ3) is 5.73. The fourth-order valence-electron chi connectivity index (χ4n) is 2.12. The summed E-state index contributed by atoms with van der Waals surface area (Å²) in [5, 5.41) is 5.20. The molecular weight excluding hydrogens is 346 g/mol. The second kappa shape index (κ2) is 9.36. The summed E-state index contributed by atoms with van der Waals surface area (Å²) >= 11 is 0. The molecule has 26 heavy (non-hydrogen) atoms. The maximum Gasteiger partial charge on any atom is 0.387 e. The summed E-state index contributed by atoms with van der Waals surface area (Å²) in [6.07, 6.45) is 0. The maximum absolute atomic E-state index is 12.1. The van der Waals surface area contributed by atoms with Crippen LogP contribution >= 0.6 is 0 Å². The Hall–Kier alpha value is -3.16. The Balaban J connectivity index is 1.92. The Labute approximate surface area is 149 Å². The number of alkyl halides is 2. The minimum atomic E-state index is -2.88. The van der Waals surface area contributed by atoms with Gasteiger partial charge in [0.15, 0.2) is 0 Å². The molecular formula is C18H18F2N2O4. The normalized spacial score (nSPS) is 10.3. The van der Waals surface area contributed by atoms with E-state index in [0.717, 1.165) is 0 Å². The number of urea groups is 1. The Morgan fingerprint density at radius 1 is 1.08 bits per heavy atom. The van der Waals surface area contributed by atoms with E-state index in [2.05, 4.69) is 15.4 Å². The maximum atomic E-state index is 12.1. The molecule has 2 rings (SSSR count). The van der Waals surface area contributed by atoms with Crippen LogP contribution in [0.1, 0.15) is 22.8 Å². The third-order valence-corrected chi connectivity index (χ3v) is 3.27. The molecule has 0 heterocycles. The van der Waals surface area contributed by atoms with E-state index in [1.165, 1.54) is 12.1 Å². The molecule has 0 atom stereocenters. The SMILES string of the molecule is CCOC(=O)c1ccccc1NC(=O)NCc1ccc(OC(F)F)cc1. The van der Waals surface area contributed by atoms with Crippen LogP contribution in [0.3, 0.4) is 0 Å². The highest BCUT2D eigenvalue weighted by Crippen LogP contribution is 2.17. The first-order chi connectivity index (χ1) is 12.5. The van der Waals surface area contributed by atoms with Crippen LogP contribution in [-0.4, -0.2) is 25.2 Å². The van der Waals surface area contributed by atoms with Gasteiger partial charge in [-0.15, -0.1) is 0 Å². The number of amides is 2. The van der Waals surface area contributed by atoms with Crippen molar-refractivity contribution in [3.63, 3.8) is 0 Å². The second-order valence-electron chi connectivity index (χ2n) is 5.10. The molecule has 0 spiro atoms. The Morgan fingerprint density at radius 3 is 2.42 bits per heavy atom. The molecule has 0 aliphatic rings. The number of para-hydroxylation sites is 1. The van der Waals surface area contributed by atoms with Crippen molar-refractivity contribution in [2.75, 3.05) is 11.9 Å². The summed E-state index contributed by atoms with van der Waals surface area (Å²) in [6, 6.07) is 11.9. The van der Waals surface area contributed by atoms with E-state index in [9.17, 15) is 18.4 Å². The predicted octanol–water partition coefficient (Wildman–Crippen LogP) is 3.79. The Bertz CT molecular complexity index is 751. The minimum Gasteiger partial charge on any atom is -0.462 e. The van der Waals surface area contributed by atoms with Crippen LogP contribution in [0, 0.1) is 0 Å². The first-order valence-electron chi connectivity index (χ1n) is 7.84. The number of hydrogen-bond donors (Lipinski definition) is 2. The van der Waals surface area contributed by atoms with Gasteiger partial charge in [0.25, 0.3) is 0 Å². The van der Waals surface area contributed by atoms with E-state index in [4.69, 9.17) is 4.74 Å². The lowest BCUT2D eigenvalue weighted by molar-refractivity contribution is -0.0498. The summed E-state index contributed by atoms with van der Waals surface area (Å²) in [5.74, 6) is -0.491. The van der Waals surface area contributed by atoms with Gasteiger partial charge in [-0.3, -0.25) is 0 Å². The zero-order chi connectivity index (χ0) is 18.9. The fourth-order valence-corrected chi connectivity index (χ4v) is 2.12. The molecule has 0 aliphatic heterocycles. The van der Waals surface area contributed by atoms with Crippen molar-refractivity contribution < 1.29 is 27.8 Å². The molecule has 0 radical (unpaired) electrons. The quantitative estimate of drug-likeness (QED) is 0.733. The van der Waals surface area contributed by atoms with Gasteiger partial charge in [-0.1, -0.05) is 24.3 Å². The molecule has 0 bridgehead atoms. The number of esters is 1. The van der Waals surface area contributed by atoms with Gasteiger partial charge in [0.1, 0.15) is 5.75 Å². The lowest BCUT2D eigenvalue weighted by Crippen LogP contribution is -2.29. The molecule has 2 aromatic carbocycles. The lowest BCUT2D eigenvalue weighted by atomic mass is 10.2. The van der Waals surface area contributed by atoms with Gasteiger partial charge in [0.05, 0.1) is 17.9 Å². The van der Waals surface area contributed by atoms with Crippen molar-refractivity contribution in [3.8, 4) is 5.75 Å². The standard InChI is InChI=1S/C18H18F2N2O4/c1-2-25-16(23)14-5-3-4-6-15(14)22-18(24)21-11-12-7-9-13(10-8-12)26-17(19)20/h3-10,17H,2,11H2,1H3,(H2,21,22,24). The van der Waals surface area contributed by atoms with Crippen molar-refractivity contribution in [1.82, 2.24) is 5.32 Å². The van der Waals surface area contributed by atoms with Crippen LogP contribution < -0.4 is 15.4 Å². The van der Waals surface area contributed by atoms with Crippen LogP contribution in [0.15, 0.2) is 48.5 Å². The molecule has 6 nitrogen and oxygen atoms in total. The van der Waals surface area contributed by atoms with Crippen LogP contribution in [-0.2, 0) is 11.3 Å². The van der Waals surface area contributed by atoms with Gasteiger partial charge in [0.2, 0.25) is 0 Å². The molecule has 0 saturated heterocycles. The molecule has 138 valence electrons. The van der Waals surface area contributed by atoms with Gasteiger partial charge < -0.3 is 20.1 Å². The Morgan fingerprint density at radius 2 is 1.77 bits per heavy atom. The van der Waals surface area contributed by atoms with Crippen LogP contribution in [0.5, 0.6) is 5.75 Å². The molecule has 2 N–H and O–H groups in total. The molecule has 0 saturated carbocycles. The van der Waals surface area contributed by atoms with Crippen molar-refractivity contribution in [1.29, 1.82) is 0 Å². The molecule has 2 aromatic rings. The van der Waals surface area contributed by atoms with Gasteiger partial charge >= 0.3 is 18.6 Å². The highest BCUT2D eigenvalue weighted by molar-refractivity contribution is 6.00. The molecule has 0 aliphatic carbocycles. The molecule has 0 aromatic heterocycles. The van der Waals surface area contributed by atoms with E-state index in [0.29, 0.717) is 11.3 Å². The number of carbonyl (C=O) groups is 2. The third-order valence-electron chi connectivity index (χ3n) is 3.27. The summed E-state index contributed by atoms with van der Waals surface area (Å²) in [5.41, 5.74) is 1.27. The van der Waals surface area contributed by atoms with E-state index < -0.39 is 18.6 Å². The summed E-state index contributed by atoms with van der Waals surface area (Å²) in [7, 11) is 0. The Kier molecular flexibility index (Phi) is 6.90. The highest BCUT2D eigenvalue weighted by Gasteiger charge is 2.13. The van der Waals surface area contributed by atoms with E-state index in [1.54, 1.807) is 43.3 Å². The molecule has 0 fully saturated rings. The minimum absolute atomic E-state index is 0.0385. The van der Waals surface area contributed by atoms with Gasteiger partial charge in [-0.2, -0.15) is 8.78 Å². The van der Waals surface area contributed by atoms with Gasteiger partial charge in [0, 0.05) is 6.54 Å². The average Bonchev–Trinajstić information content (AvgIpc) is 2.61. The lowest BCUT2D eigenvalue weighted by Gasteiger charge is -2.11.